The van der Waals surface area contributed by atoms with Gasteiger partial charge in [-0.05, 0) is 56.8 Å². The lowest BCUT2D eigenvalue weighted by molar-refractivity contribution is 0.247. The molecule has 0 aliphatic carbocycles. The zero-order valence-corrected chi connectivity index (χ0v) is 18.0. The number of likely N-dealkylation sites (tertiary alicyclic amines) is 1. The molecule has 30 heavy (non-hydrogen) atoms. The maximum atomic E-state index is 14.4. The van der Waals surface area contributed by atoms with Gasteiger partial charge in [0.1, 0.15) is 17.4 Å². The molecule has 2 aromatic carbocycles. The number of likely N-dealkylation sites (N-methyl/N-ethyl adjacent to an activating group) is 1. The third kappa shape index (κ3) is 4.13. The largest absolute Gasteiger partial charge is 0.496 e. The molecule has 6 nitrogen and oxygen atoms in total. The summed E-state index contributed by atoms with van der Waals surface area (Å²) in [5.41, 5.74) is 2.09. The van der Waals surface area contributed by atoms with Gasteiger partial charge in [-0.25, -0.2) is 4.39 Å². The normalized spacial score (nSPS) is 17.2. The first kappa shape index (κ1) is 20.6. The number of fused-ring (bicyclic) bond motifs is 1. The van der Waals surface area contributed by atoms with Crippen LogP contribution in [-0.4, -0.2) is 49.2 Å². The number of methoxy groups -OCH3 is 2. The number of anilines is 2. The summed E-state index contributed by atoms with van der Waals surface area (Å²) in [7, 11) is 5.30. The molecule has 0 saturated carbocycles. The van der Waals surface area contributed by atoms with Gasteiger partial charge in [-0.2, -0.15) is 9.97 Å². The molecule has 0 unspecified atom stereocenters. The van der Waals surface area contributed by atoms with Gasteiger partial charge in [-0.15, -0.1) is 0 Å². The fourth-order valence-corrected chi connectivity index (χ4v) is 4.13. The van der Waals surface area contributed by atoms with Gasteiger partial charge in [0.2, 0.25) is 0 Å². The zero-order valence-electron chi connectivity index (χ0n) is 17.2. The molecule has 1 N–H and O–H groups in total. The van der Waals surface area contributed by atoms with E-state index in [1.54, 1.807) is 19.2 Å². The van der Waals surface area contributed by atoms with Gasteiger partial charge in [0.25, 0.3) is 0 Å². The van der Waals surface area contributed by atoms with Crippen molar-refractivity contribution in [3.8, 4) is 11.8 Å². The highest BCUT2D eigenvalue weighted by molar-refractivity contribution is 6.30. The number of rotatable bonds is 5. The molecule has 0 bridgehead atoms. The summed E-state index contributed by atoms with van der Waals surface area (Å²) in [5, 5.41) is 4.09. The van der Waals surface area contributed by atoms with E-state index in [-0.39, 0.29) is 11.7 Å². The minimum absolute atomic E-state index is 0.205. The van der Waals surface area contributed by atoms with Crippen LogP contribution in [0.2, 0.25) is 5.02 Å². The second-order valence-electron chi connectivity index (χ2n) is 7.52. The third-order valence-corrected chi connectivity index (χ3v) is 5.69. The fraction of sp³-hybridized carbons (Fsp3) is 0.364. The summed E-state index contributed by atoms with van der Waals surface area (Å²) in [6, 6.07) is 8.59. The van der Waals surface area contributed by atoms with E-state index in [1.165, 1.54) is 13.2 Å². The molecule has 4 rings (SSSR count). The molecule has 1 aromatic heterocycles. The number of nitrogens with one attached hydrogen (secondary N) is 1. The summed E-state index contributed by atoms with van der Waals surface area (Å²) in [5.74, 6) is 1.09. The van der Waals surface area contributed by atoms with Gasteiger partial charge in [-0.3, -0.25) is 0 Å². The summed E-state index contributed by atoms with van der Waals surface area (Å²) in [6.45, 7) is 2.06. The average molecular weight is 431 g/mol. The van der Waals surface area contributed by atoms with Crippen LogP contribution in [-0.2, 0) is 0 Å². The molecule has 0 radical (unpaired) electrons. The topological polar surface area (TPSA) is 59.5 Å². The number of aromatic nitrogens is 2. The van der Waals surface area contributed by atoms with Crippen molar-refractivity contribution in [2.45, 2.75) is 18.8 Å². The van der Waals surface area contributed by atoms with Gasteiger partial charge in [-0.1, -0.05) is 11.6 Å². The Bertz CT molecular complexity index is 1080. The van der Waals surface area contributed by atoms with E-state index in [0.717, 1.165) is 42.6 Å². The molecule has 1 atom stereocenters. The minimum Gasteiger partial charge on any atom is -0.496 e. The highest BCUT2D eigenvalue weighted by Crippen LogP contribution is 2.38. The Morgan fingerprint density at radius 2 is 2.00 bits per heavy atom. The second kappa shape index (κ2) is 8.62. The lowest BCUT2D eigenvalue weighted by Gasteiger charge is -2.31. The monoisotopic (exact) mass is 430 g/mol. The van der Waals surface area contributed by atoms with Gasteiger partial charge in [0.05, 0.1) is 25.4 Å². The van der Waals surface area contributed by atoms with E-state index in [9.17, 15) is 4.39 Å². The van der Waals surface area contributed by atoms with E-state index in [4.69, 9.17) is 21.1 Å². The molecule has 1 aliphatic rings. The Labute approximate surface area is 180 Å². The van der Waals surface area contributed by atoms with Crippen molar-refractivity contribution in [1.29, 1.82) is 0 Å². The van der Waals surface area contributed by atoms with Crippen LogP contribution in [0.3, 0.4) is 0 Å². The van der Waals surface area contributed by atoms with E-state index in [2.05, 4.69) is 27.2 Å². The molecule has 1 saturated heterocycles. The maximum Gasteiger partial charge on any atom is 0.318 e. The van der Waals surface area contributed by atoms with Crippen molar-refractivity contribution < 1.29 is 13.9 Å². The quantitative estimate of drug-likeness (QED) is 0.615. The average Bonchev–Trinajstić information content (AvgIpc) is 2.74. The number of piperidine rings is 1. The van der Waals surface area contributed by atoms with E-state index < -0.39 is 5.82 Å². The first-order valence-corrected chi connectivity index (χ1v) is 10.2. The molecule has 1 aliphatic heterocycles. The summed E-state index contributed by atoms with van der Waals surface area (Å²) in [6.07, 6.45) is 2.23. The van der Waals surface area contributed by atoms with Crippen molar-refractivity contribution in [2.24, 2.45) is 0 Å². The molecule has 8 heteroatoms. The summed E-state index contributed by atoms with van der Waals surface area (Å²) in [4.78, 5) is 11.3. The molecular formula is C22H24ClFN4O2. The third-order valence-electron chi connectivity index (χ3n) is 5.46. The van der Waals surface area contributed by atoms with E-state index in [1.807, 2.05) is 12.1 Å². The number of halogens is 2. The Morgan fingerprint density at radius 3 is 2.70 bits per heavy atom. The van der Waals surface area contributed by atoms with Crippen LogP contribution in [0.5, 0.6) is 11.8 Å². The van der Waals surface area contributed by atoms with Crippen molar-refractivity contribution in [1.82, 2.24) is 14.9 Å². The highest BCUT2D eigenvalue weighted by atomic mass is 35.5. The number of ether oxygens (including phenoxy) is 2. The standard InChI is InChI=1S/C22H24ClFN4O2/c1-28-8-4-5-13(12-28)15-10-19-16(11-20(15)29-2)21(27-22(26-19)30-3)25-18-7-6-14(23)9-17(18)24/h6-7,9-11,13H,4-5,8,12H2,1-3H3,(H,25,26,27)/t13-/m0/s1. The molecule has 2 heterocycles. The van der Waals surface area contributed by atoms with Crippen molar-refractivity contribution in [3.63, 3.8) is 0 Å². The Hall–Kier alpha value is -2.64. The lowest BCUT2D eigenvalue weighted by atomic mass is 9.89. The number of nitrogens with zero attached hydrogens (tertiary/aromatic N) is 3. The predicted molar refractivity (Wildman–Crippen MR) is 117 cm³/mol. The SMILES string of the molecule is COc1nc(Nc2ccc(Cl)cc2F)c2cc(OC)c([C@H]3CCCN(C)C3)cc2n1. The van der Waals surface area contributed by atoms with Gasteiger partial charge < -0.3 is 19.7 Å². The van der Waals surface area contributed by atoms with Crippen molar-refractivity contribution in [3.05, 3.63) is 46.7 Å². The first-order valence-electron chi connectivity index (χ1n) is 9.82. The van der Waals surface area contributed by atoms with Gasteiger partial charge >= 0.3 is 6.01 Å². The minimum atomic E-state index is -0.470. The Balaban J connectivity index is 1.82. The van der Waals surface area contributed by atoms with Crippen LogP contribution in [0.25, 0.3) is 10.9 Å². The second-order valence-corrected chi connectivity index (χ2v) is 7.96. The van der Waals surface area contributed by atoms with Crippen LogP contribution in [0.15, 0.2) is 30.3 Å². The van der Waals surface area contributed by atoms with Crippen LogP contribution >= 0.6 is 11.6 Å². The smallest absolute Gasteiger partial charge is 0.318 e. The van der Waals surface area contributed by atoms with Crippen molar-refractivity contribution in [2.75, 3.05) is 39.7 Å². The summed E-state index contributed by atoms with van der Waals surface area (Å²) >= 11 is 5.87. The number of hydrogen-bond acceptors (Lipinski definition) is 6. The first-order chi connectivity index (χ1) is 14.5. The maximum absolute atomic E-state index is 14.4. The van der Waals surface area contributed by atoms with Crippen LogP contribution in [0.1, 0.15) is 24.3 Å². The van der Waals surface area contributed by atoms with Crippen LogP contribution in [0, 0.1) is 5.82 Å². The fourth-order valence-electron chi connectivity index (χ4n) is 3.97. The molecule has 0 amide bonds. The molecular weight excluding hydrogens is 407 g/mol. The van der Waals surface area contributed by atoms with Gasteiger partial charge in [0, 0.05) is 28.4 Å². The molecule has 0 spiro atoms. The predicted octanol–water partition coefficient (Wildman–Crippen LogP) is 4.99. The number of hydrogen-bond donors (Lipinski definition) is 1. The zero-order chi connectivity index (χ0) is 21.3. The van der Waals surface area contributed by atoms with Crippen LogP contribution < -0.4 is 14.8 Å². The molecule has 158 valence electrons. The van der Waals surface area contributed by atoms with E-state index >= 15 is 0 Å². The Morgan fingerprint density at radius 1 is 1.17 bits per heavy atom. The summed E-state index contributed by atoms with van der Waals surface area (Å²) < 4.78 is 25.4. The van der Waals surface area contributed by atoms with Gasteiger partial charge in [0.15, 0.2) is 0 Å². The molecule has 1 fully saturated rings. The van der Waals surface area contributed by atoms with E-state index in [0.29, 0.717) is 22.3 Å². The lowest BCUT2D eigenvalue weighted by Crippen LogP contribution is -2.31. The number of benzene rings is 2. The van der Waals surface area contributed by atoms with Crippen molar-refractivity contribution >= 4 is 34.0 Å². The Kier molecular flexibility index (Phi) is 5.92. The molecule has 3 aromatic rings. The highest BCUT2D eigenvalue weighted by Gasteiger charge is 2.24. The van der Waals surface area contributed by atoms with Crippen LogP contribution in [0.4, 0.5) is 15.9 Å².